The monoisotopic (exact) mass is 659 g/mol. The number of nitrogens with zero attached hydrogens (tertiary/aromatic N) is 1. The molecule has 3 heterocycles. The van der Waals surface area contributed by atoms with E-state index in [1.807, 2.05) is 97.1 Å². The maximum Gasteiger partial charge on any atom is 0.305 e. The van der Waals surface area contributed by atoms with E-state index >= 15 is 0 Å². The minimum absolute atomic E-state index is 0.0396. The number of rotatable bonds is 6. The van der Waals surface area contributed by atoms with Gasteiger partial charge in [0.2, 0.25) is 11.8 Å². The van der Waals surface area contributed by atoms with Crippen LogP contribution in [0.1, 0.15) is 22.8 Å². The van der Waals surface area contributed by atoms with Gasteiger partial charge in [-0.05, 0) is 76.9 Å². The quantitative estimate of drug-likeness (QED) is 0.208. The average Bonchev–Trinajstić information content (AvgIpc) is 3.83. The van der Waals surface area contributed by atoms with Crippen molar-refractivity contribution in [2.45, 2.75) is 22.6 Å². The molecule has 4 aromatic carbocycles. The molecule has 3 fully saturated rings. The Hall–Kier alpha value is -4.67. The van der Waals surface area contributed by atoms with Gasteiger partial charge in [0.05, 0.1) is 22.5 Å². The smallest absolute Gasteiger partial charge is 0.305 e. The van der Waals surface area contributed by atoms with E-state index in [0.717, 1.165) is 32.7 Å². The number of hydrogen-bond acceptors (Lipinski definition) is 7. The summed E-state index contributed by atoms with van der Waals surface area (Å²) in [5.41, 5.74) is 2.38. The number of carbonyl (C=O) groups excluding carboxylic acids is 3. The summed E-state index contributed by atoms with van der Waals surface area (Å²) in [6.07, 6.45) is 0.834. The van der Waals surface area contributed by atoms with Gasteiger partial charge in [0.15, 0.2) is 6.61 Å². The molecule has 1 aromatic heterocycles. The van der Waals surface area contributed by atoms with Crippen LogP contribution in [0, 0.1) is 29.6 Å². The highest BCUT2D eigenvalue weighted by Gasteiger charge is 2.69. The Morgan fingerprint density at radius 3 is 2.36 bits per heavy atom. The topological polar surface area (TPSA) is 109 Å². The highest BCUT2D eigenvalue weighted by Crippen LogP contribution is 2.68. The molecule has 7 atom stereocenters. The second-order valence-corrected chi connectivity index (χ2v) is 15.0. The Morgan fingerprint density at radius 2 is 1.57 bits per heavy atom. The van der Waals surface area contributed by atoms with Crippen LogP contribution in [0.4, 0.5) is 11.4 Å². The summed E-state index contributed by atoms with van der Waals surface area (Å²) < 4.78 is 5.86. The van der Waals surface area contributed by atoms with Crippen LogP contribution in [0.15, 0.2) is 107 Å². The van der Waals surface area contributed by atoms with Gasteiger partial charge in [0, 0.05) is 21.7 Å². The fourth-order valence-corrected chi connectivity index (χ4v) is 11.5. The number of thioether (sulfide) groups is 1. The minimum atomic E-state index is -0.349. The molecule has 0 spiro atoms. The summed E-state index contributed by atoms with van der Waals surface area (Å²) in [5, 5.41) is 6.05. The molecule has 2 bridgehead atoms. The van der Waals surface area contributed by atoms with Crippen LogP contribution < -0.4 is 19.8 Å². The zero-order chi connectivity index (χ0) is 31.8. The average molecular weight is 660 g/mol. The second-order valence-electron chi connectivity index (χ2n) is 12.8. The number of imide groups is 1. The van der Waals surface area contributed by atoms with Gasteiger partial charge in [0.25, 0.3) is 5.91 Å². The highest BCUT2D eigenvalue weighted by atomic mass is 32.2. The van der Waals surface area contributed by atoms with E-state index in [1.54, 1.807) is 11.8 Å². The highest BCUT2D eigenvalue weighted by molar-refractivity contribution is 8.00. The van der Waals surface area contributed by atoms with E-state index in [-0.39, 0.29) is 70.0 Å². The van der Waals surface area contributed by atoms with Crippen LogP contribution in [0.3, 0.4) is 0 Å². The molecule has 47 heavy (non-hydrogen) atoms. The van der Waals surface area contributed by atoms with Crippen molar-refractivity contribution in [3.63, 3.8) is 0 Å². The van der Waals surface area contributed by atoms with Crippen molar-refractivity contribution in [1.82, 2.24) is 4.98 Å². The summed E-state index contributed by atoms with van der Waals surface area (Å²) in [6.45, 7) is -0.138. The number of amides is 3. The van der Waals surface area contributed by atoms with Crippen molar-refractivity contribution in [1.29, 1.82) is 0 Å². The lowest BCUT2D eigenvalue weighted by Crippen LogP contribution is -2.42. The molecule has 5 aromatic rings. The van der Waals surface area contributed by atoms with E-state index in [4.69, 9.17) is 4.74 Å². The van der Waals surface area contributed by atoms with Gasteiger partial charge in [-0.1, -0.05) is 72.0 Å². The molecule has 2 aliphatic heterocycles. The summed E-state index contributed by atoms with van der Waals surface area (Å²) in [5.74, 6) is -0.434. The zero-order valence-electron chi connectivity index (χ0n) is 25.0. The number of H-pyrrole nitrogens is 1. The Balaban J connectivity index is 0.957. The lowest BCUT2D eigenvalue weighted by molar-refractivity contribution is -0.123. The molecule has 3 amide bonds. The van der Waals surface area contributed by atoms with Crippen molar-refractivity contribution < 1.29 is 19.1 Å². The van der Waals surface area contributed by atoms with Gasteiger partial charge in [-0.25, -0.2) is 0 Å². The SMILES string of the molecule is O=C(COc1ccc([C@H]2c3sc(=O)[nH]c3SC3C4CC(C5C(=O)N(c6ccccc6)C(=O)C45)C32)cc1)Nc1ccc2ccccc2c1. The van der Waals surface area contributed by atoms with E-state index in [2.05, 4.69) is 10.3 Å². The molecule has 2 saturated carbocycles. The first kappa shape index (κ1) is 28.5. The normalized spacial score (nSPS) is 27.1. The Kier molecular flexibility index (Phi) is 6.65. The number of aromatic nitrogens is 1. The Morgan fingerprint density at radius 1 is 0.851 bits per heavy atom. The number of carbonyl (C=O) groups is 3. The van der Waals surface area contributed by atoms with Crippen molar-refractivity contribution in [3.05, 3.63) is 117 Å². The predicted octanol–water partition coefficient (Wildman–Crippen LogP) is 6.29. The maximum atomic E-state index is 13.9. The molecule has 2 N–H and O–H groups in total. The molecular weight excluding hydrogens is 631 g/mol. The standard InChI is InChI=1S/C37H29N3O5S2/c41-27(38-22-13-10-19-6-4-5-7-21(19)16-22)18-45-24-14-11-20(12-15-24)28-29-25-17-26(32(29)46-34-33(28)47-37(44)39-34)31-30(25)35(42)40(36(31)43)23-8-2-1-3-9-23/h1-16,25-26,28-32H,17-18H2,(H,38,41)(H,39,44)/t25?,26?,28-,29?,30?,31?,32?/m1/s1. The van der Waals surface area contributed by atoms with Gasteiger partial charge >= 0.3 is 4.87 Å². The lowest BCUT2D eigenvalue weighted by atomic mass is 9.68. The van der Waals surface area contributed by atoms with E-state index in [0.29, 0.717) is 17.1 Å². The van der Waals surface area contributed by atoms with Crippen LogP contribution in [0.5, 0.6) is 5.75 Å². The third-order valence-corrected chi connectivity index (χ3v) is 13.0. The van der Waals surface area contributed by atoms with Crippen molar-refractivity contribution in [2.24, 2.45) is 29.6 Å². The minimum Gasteiger partial charge on any atom is -0.484 e. The summed E-state index contributed by atoms with van der Waals surface area (Å²) >= 11 is 2.91. The summed E-state index contributed by atoms with van der Waals surface area (Å²) in [4.78, 5) is 58.3. The first-order valence-corrected chi connectivity index (χ1v) is 17.5. The van der Waals surface area contributed by atoms with Gasteiger partial charge in [-0.3, -0.25) is 24.1 Å². The molecule has 0 radical (unpaired) electrons. The van der Waals surface area contributed by atoms with Gasteiger partial charge < -0.3 is 15.0 Å². The molecule has 8 nitrogen and oxygen atoms in total. The molecule has 10 heteroatoms. The molecule has 234 valence electrons. The number of benzene rings is 4. The number of fused-ring (bicyclic) bond motifs is 10. The molecule has 9 rings (SSSR count). The maximum absolute atomic E-state index is 13.9. The molecular formula is C37H29N3O5S2. The number of ether oxygens (including phenoxy) is 1. The first-order chi connectivity index (χ1) is 22.9. The number of hydrogen-bond donors (Lipinski definition) is 2. The number of thiazole rings is 1. The second kappa shape index (κ2) is 11.0. The van der Waals surface area contributed by atoms with Crippen molar-refractivity contribution >= 4 is 63.0 Å². The number of nitrogens with one attached hydrogen (secondary N) is 2. The Labute approximate surface area is 278 Å². The summed E-state index contributed by atoms with van der Waals surface area (Å²) in [6, 6.07) is 30.7. The van der Waals surface area contributed by atoms with E-state index in [9.17, 15) is 19.2 Å². The van der Waals surface area contributed by atoms with Crippen molar-refractivity contribution in [3.8, 4) is 5.75 Å². The lowest BCUT2D eigenvalue weighted by Gasteiger charge is -2.43. The third kappa shape index (κ3) is 4.57. The number of anilines is 2. The fraction of sp³-hybridized carbons (Fsp3) is 0.243. The van der Waals surface area contributed by atoms with Crippen LogP contribution in [0.2, 0.25) is 0 Å². The Bertz CT molecular complexity index is 2130. The molecule has 2 aliphatic carbocycles. The molecule has 6 unspecified atom stereocenters. The molecule has 1 saturated heterocycles. The third-order valence-electron chi connectivity index (χ3n) is 10.4. The number of aromatic amines is 1. The predicted molar refractivity (Wildman–Crippen MR) is 182 cm³/mol. The van der Waals surface area contributed by atoms with Crippen LogP contribution in [-0.2, 0) is 14.4 Å². The molecule has 4 aliphatic rings. The fourth-order valence-electron chi connectivity index (χ4n) is 8.61. The van der Waals surface area contributed by atoms with Gasteiger partial charge in [-0.15, -0.1) is 11.8 Å². The van der Waals surface area contributed by atoms with Crippen LogP contribution >= 0.6 is 23.1 Å². The van der Waals surface area contributed by atoms with Crippen molar-refractivity contribution in [2.75, 3.05) is 16.8 Å². The number of para-hydroxylation sites is 1. The van der Waals surface area contributed by atoms with Crippen LogP contribution in [-0.4, -0.2) is 34.6 Å². The first-order valence-electron chi connectivity index (χ1n) is 15.8. The zero-order valence-corrected chi connectivity index (χ0v) is 26.6. The van der Waals surface area contributed by atoms with Gasteiger partial charge in [0.1, 0.15) is 5.75 Å². The largest absolute Gasteiger partial charge is 0.484 e. The summed E-state index contributed by atoms with van der Waals surface area (Å²) in [7, 11) is 0. The van der Waals surface area contributed by atoms with E-state index < -0.39 is 0 Å². The van der Waals surface area contributed by atoms with Gasteiger partial charge in [-0.2, -0.15) is 0 Å². The van der Waals surface area contributed by atoms with E-state index in [1.165, 1.54) is 16.2 Å². The van der Waals surface area contributed by atoms with Crippen LogP contribution in [0.25, 0.3) is 10.8 Å².